The number of benzene rings is 2. The summed E-state index contributed by atoms with van der Waals surface area (Å²) < 4.78 is 106. The Morgan fingerprint density at radius 2 is 1.66 bits per heavy atom. The van der Waals surface area contributed by atoms with Crippen LogP contribution in [0.5, 0.6) is 0 Å². The summed E-state index contributed by atoms with van der Waals surface area (Å²) in [5.74, 6) is -0.697. The Kier molecular flexibility index (Phi) is 7.82. The highest BCUT2D eigenvalue weighted by atomic mass is 19.4. The monoisotopic (exact) mass is 547 g/mol. The second-order valence-corrected chi connectivity index (χ2v) is 9.08. The average molecular weight is 547 g/mol. The van der Waals surface area contributed by atoms with Gasteiger partial charge in [-0.3, -0.25) is 9.69 Å². The van der Waals surface area contributed by atoms with E-state index in [9.17, 15) is 35.5 Å². The number of nitrogens with zero attached hydrogens (tertiary/aromatic N) is 3. The molecule has 38 heavy (non-hydrogen) atoms. The van der Waals surface area contributed by atoms with Crippen molar-refractivity contribution in [1.29, 1.82) is 0 Å². The summed E-state index contributed by atoms with van der Waals surface area (Å²) in [6, 6.07) is 5.97. The van der Waals surface area contributed by atoms with Crippen molar-refractivity contribution in [3.05, 3.63) is 70.5 Å². The molecule has 2 aromatic rings. The van der Waals surface area contributed by atoms with Crippen LogP contribution in [0.25, 0.3) is 0 Å². The van der Waals surface area contributed by atoms with E-state index in [0.717, 1.165) is 0 Å². The van der Waals surface area contributed by atoms with E-state index in [4.69, 9.17) is 9.47 Å². The zero-order valence-corrected chi connectivity index (χ0v) is 20.3. The van der Waals surface area contributed by atoms with E-state index < -0.39 is 47.7 Å². The third-order valence-electron chi connectivity index (χ3n) is 6.33. The molecule has 0 aliphatic carbocycles. The third kappa shape index (κ3) is 6.33. The number of hydrazone groups is 1. The van der Waals surface area contributed by atoms with Crippen molar-refractivity contribution in [2.45, 2.75) is 44.1 Å². The minimum atomic E-state index is -5.00. The molecule has 0 aromatic heterocycles. The zero-order chi connectivity index (χ0) is 27.8. The van der Waals surface area contributed by atoms with Gasteiger partial charge in [-0.25, -0.2) is 9.40 Å². The van der Waals surface area contributed by atoms with Gasteiger partial charge in [0.15, 0.2) is 6.29 Å². The van der Waals surface area contributed by atoms with Gasteiger partial charge in [0.25, 0.3) is 0 Å². The summed E-state index contributed by atoms with van der Waals surface area (Å²) in [5, 5.41) is 5.42. The molecular formula is C25H24F7N3O3. The maximum absolute atomic E-state index is 13.6. The number of rotatable bonds is 6. The van der Waals surface area contributed by atoms with Crippen molar-refractivity contribution >= 4 is 11.6 Å². The van der Waals surface area contributed by atoms with Crippen LogP contribution in [0.15, 0.2) is 47.6 Å². The van der Waals surface area contributed by atoms with Crippen molar-refractivity contribution < 1.29 is 45.0 Å². The second-order valence-electron chi connectivity index (χ2n) is 9.08. The summed E-state index contributed by atoms with van der Waals surface area (Å²) in [6.07, 6.45) is -12.3. The Labute approximate surface area is 213 Å². The molecule has 0 N–H and O–H groups in total. The first-order valence-electron chi connectivity index (χ1n) is 11.6. The van der Waals surface area contributed by atoms with Gasteiger partial charge in [-0.05, 0) is 48.4 Å². The Bertz CT molecular complexity index is 1170. The van der Waals surface area contributed by atoms with E-state index >= 15 is 0 Å². The van der Waals surface area contributed by atoms with E-state index in [1.54, 1.807) is 0 Å². The molecule has 0 spiro atoms. The molecular weight excluding hydrogens is 523 g/mol. The summed E-state index contributed by atoms with van der Waals surface area (Å²) >= 11 is 0. The summed E-state index contributed by atoms with van der Waals surface area (Å²) in [4.78, 5) is 13.8. The first-order chi connectivity index (χ1) is 17.7. The van der Waals surface area contributed by atoms with Gasteiger partial charge in [0.2, 0.25) is 5.91 Å². The number of amides is 1. The maximum Gasteiger partial charge on any atom is 0.416 e. The van der Waals surface area contributed by atoms with Crippen LogP contribution in [0.1, 0.15) is 47.7 Å². The van der Waals surface area contributed by atoms with Crippen molar-refractivity contribution in [2.75, 3.05) is 26.7 Å². The normalized spacial score (nSPS) is 22.1. The van der Waals surface area contributed by atoms with Crippen LogP contribution in [-0.4, -0.2) is 54.6 Å². The maximum atomic E-state index is 13.6. The Morgan fingerprint density at radius 1 is 1.05 bits per heavy atom. The molecule has 0 radical (unpaired) electrons. The highest BCUT2D eigenvalue weighted by Crippen LogP contribution is 2.39. The minimum absolute atomic E-state index is 0.0526. The third-order valence-corrected chi connectivity index (χ3v) is 6.33. The lowest BCUT2D eigenvalue weighted by Gasteiger charge is -2.42. The van der Waals surface area contributed by atoms with Crippen molar-refractivity contribution in [3.63, 3.8) is 0 Å². The quantitative estimate of drug-likeness (QED) is 0.445. The number of morpholine rings is 1. The standard InChI is InChI=1S/C25H24F7N3O3/c1-14(16-9-17(24(27,28)29)11-18(10-16)25(30,31)32)38-23-22(15-3-5-19(26)6-4-15)35(7-8-37-23)13-20-12-21(36)34(2)33-20/h3-6,9-11,14,22-23H,7-8,12-13H2,1-2H3/t14-,22+,23-/m1/s1. The van der Waals surface area contributed by atoms with E-state index in [2.05, 4.69) is 5.10 Å². The zero-order valence-electron chi connectivity index (χ0n) is 20.3. The van der Waals surface area contributed by atoms with Crippen LogP contribution in [0.2, 0.25) is 0 Å². The van der Waals surface area contributed by atoms with Gasteiger partial charge in [0.1, 0.15) is 5.82 Å². The molecule has 0 unspecified atom stereocenters. The second kappa shape index (κ2) is 10.6. The van der Waals surface area contributed by atoms with Gasteiger partial charge in [-0.15, -0.1) is 0 Å². The fourth-order valence-corrected chi connectivity index (χ4v) is 4.42. The van der Waals surface area contributed by atoms with Crippen molar-refractivity contribution in [3.8, 4) is 0 Å². The Morgan fingerprint density at radius 3 is 2.18 bits per heavy atom. The Balaban J connectivity index is 1.65. The number of hydrogen-bond acceptors (Lipinski definition) is 5. The lowest BCUT2D eigenvalue weighted by Crippen LogP contribution is -2.48. The van der Waals surface area contributed by atoms with Gasteiger partial charge in [0, 0.05) is 20.1 Å². The molecule has 1 saturated heterocycles. The van der Waals surface area contributed by atoms with Crippen LogP contribution in [0, 0.1) is 5.82 Å². The van der Waals surface area contributed by atoms with Crippen LogP contribution in [0.3, 0.4) is 0 Å². The van der Waals surface area contributed by atoms with Crippen LogP contribution < -0.4 is 0 Å². The molecule has 6 nitrogen and oxygen atoms in total. The smallest absolute Gasteiger partial charge is 0.349 e. The highest BCUT2D eigenvalue weighted by molar-refractivity contribution is 6.05. The number of alkyl halides is 6. The molecule has 1 fully saturated rings. The van der Waals surface area contributed by atoms with Crippen LogP contribution >= 0.6 is 0 Å². The number of carbonyl (C=O) groups is 1. The first-order valence-corrected chi connectivity index (χ1v) is 11.6. The number of hydrogen-bond donors (Lipinski definition) is 0. The summed E-state index contributed by atoms with van der Waals surface area (Å²) in [5.41, 5.74) is -2.13. The van der Waals surface area contributed by atoms with Crippen molar-refractivity contribution in [2.24, 2.45) is 5.10 Å². The lowest BCUT2D eigenvalue weighted by atomic mass is 10.0. The van der Waals surface area contributed by atoms with E-state index in [-0.39, 0.29) is 37.1 Å². The molecule has 2 aromatic carbocycles. The number of ether oxygens (including phenoxy) is 2. The van der Waals surface area contributed by atoms with E-state index in [0.29, 0.717) is 30.0 Å². The molecule has 0 bridgehead atoms. The highest BCUT2D eigenvalue weighted by Gasteiger charge is 2.40. The van der Waals surface area contributed by atoms with Gasteiger partial charge in [0.05, 0.1) is 42.0 Å². The molecule has 2 aliphatic heterocycles. The van der Waals surface area contributed by atoms with E-state index in [1.807, 2.05) is 4.90 Å². The van der Waals surface area contributed by atoms with Crippen molar-refractivity contribution in [1.82, 2.24) is 9.91 Å². The molecule has 2 heterocycles. The molecule has 1 amide bonds. The largest absolute Gasteiger partial charge is 0.416 e. The van der Waals surface area contributed by atoms with Gasteiger partial charge in [-0.1, -0.05) is 12.1 Å². The average Bonchev–Trinajstić information content (AvgIpc) is 3.15. The number of carbonyl (C=O) groups excluding carboxylic acids is 1. The van der Waals surface area contributed by atoms with E-state index in [1.165, 1.54) is 43.2 Å². The van der Waals surface area contributed by atoms with Crippen LogP contribution in [-0.2, 0) is 26.6 Å². The minimum Gasteiger partial charge on any atom is -0.349 e. The van der Waals surface area contributed by atoms with Gasteiger partial charge >= 0.3 is 12.4 Å². The first kappa shape index (κ1) is 28.0. The predicted octanol–water partition coefficient (Wildman–Crippen LogP) is 5.56. The Hall–Kier alpha value is -3.03. The number of halogens is 7. The SMILES string of the molecule is C[C@@H](O[C@H]1OCCN(CC2=NN(C)C(=O)C2)[C@H]1c1ccc(F)cc1)c1cc(C(F)(F)F)cc(C(F)(F)F)c1. The fourth-order valence-electron chi connectivity index (χ4n) is 4.42. The topological polar surface area (TPSA) is 54.4 Å². The molecule has 206 valence electrons. The molecule has 0 saturated carbocycles. The lowest BCUT2D eigenvalue weighted by molar-refractivity contribution is -0.227. The van der Waals surface area contributed by atoms with Gasteiger partial charge in [-0.2, -0.15) is 31.4 Å². The molecule has 13 heteroatoms. The van der Waals surface area contributed by atoms with Crippen LogP contribution in [0.4, 0.5) is 30.7 Å². The van der Waals surface area contributed by atoms with Gasteiger partial charge < -0.3 is 9.47 Å². The molecule has 3 atom stereocenters. The molecule has 2 aliphatic rings. The summed E-state index contributed by atoms with van der Waals surface area (Å²) in [6.45, 7) is 2.03. The predicted molar refractivity (Wildman–Crippen MR) is 121 cm³/mol. The molecule has 4 rings (SSSR count). The fraction of sp³-hybridized carbons (Fsp3) is 0.440. The summed E-state index contributed by atoms with van der Waals surface area (Å²) in [7, 11) is 1.52.